The number of hydrogen-bond acceptors (Lipinski definition) is 3. The average Bonchev–Trinajstić information content (AvgIpc) is 2.40. The maximum Gasteiger partial charge on any atom is 0.248 e. The lowest BCUT2D eigenvalue weighted by Gasteiger charge is -2.07. The molecule has 1 aliphatic heterocycles. The van der Waals surface area contributed by atoms with Gasteiger partial charge in [-0.3, -0.25) is 10.0 Å². The number of carbonyl (C=O) groups is 1. The quantitative estimate of drug-likeness (QED) is 0.489. The molecule has 0 aromatic heterocycles. The molecule has 0 saturated carbocycles. The fourth-order valence-electron chi connectivity index (χ4n) is 1.45. The van der Waals surface area contributed by atoms with Crippen molar-refractivity contribution in [2.24, 2.45) is 0 Å². The summed E-state index contributed by atoms with van der Waals surface area (Å²) in [5.41, 5.74) is 6.62. The Labute approximate surface area is 103 Å². The zero-order valence-electron chi connectivity index (χ0n) is 9.01. The van der Waals surface area contributed by atoms with Crippen LogP contribution in [0.5, 0.6) is 0 Å². The van der Waals surface area contributed by atoms with Gasteiger partial charge in [-0.25, -0.2) is 5.48 Å². The molecule has 86 valence electrons. The molecule has 1 amide bonds. The predicted octanol–water partition coefficient (Wildman–Crippen LogP) is 2.71. The Bertz CT molecular complexity index is 513. The monoisotopic (exact) mass is 245 g/mol. The van der Waals surface area contributed by atoms with Gasteiger partial charge in [-0.05, 0) is 17.0 Å². The number of thioether (sulfide) groups is 1. The second-order valence-corrected chi connectivity index (χ2v) is 4.39. The van der Waals surface area contributed by atoms with Crippen molar-refractivity contribution in [3.05, 3.63) is 58.7 Å². The van der Waals surface area contributed by atoms with Crippen LogP contribution in [0.2, 0.25) is 0 Å². The Balaban J connectivity index is 2.29. The number of nitrogens with one attached hydrogen (secondary N) is 1. The molecule has 0 aliphatic carbocycles. The summed E-state index contributed by atoms with van der Waals surface area (Å²) in [5.74, 6) is -0.434. The molecule has 0 fully saturated rings. The molecule has 0 radical (unpaired) electrons. The minimum absolute atomic E-state index is 0.129. The van der Waals surface area contributed by atoms with Gasteiger partial charge in [0.2, 0.25) is 5.91 Å². The lowest BCUT2D eigenvalue weighted by atomic mass is 10.1. The molecule has 4 heteroatoms. The third kappa shape index (κ3) is 3.11. The highest BCUT2D eigenvalue weighted by molar-refractivity contribution is 8.10. The molecular weight excluding hydrogens is 234 g/mol. The summed E-state index contributed by atoms with van der Waals surface area (Å²) < 4.78 is 0. The van der Waals surface area contributed by atoms with Gasteiger partial charge >= 0.3 is 0 Å². The van der Waals surface area contributed by atoms with Crippen molar-refractivity contribution < 1.29 is 10.0 Å². The molecule has 0 saturated heterocycles. The highest BCUT2D eigenvalue weighted by atomic mass is 32.2. The summed E-state index contributed by atoms with van der Waals surface area (Å²) in [5, 5.41) is 10.4. The fraction of sp³-hybridized carbons (Fsp3) is 0.0769. The Morgan fingerprint density at radius 1 is 1.35 bits per heavy atom. The number of hydrogen-bond donors (Lipinski definition) is 2. The number of carbonyl (C=O) groups excluding carboxylic acids is 1. The van der Waals surface area contributed by atoms with Gasteiger partial charge in [0.25, 0.3) is 0 Å². The minimum Gasteiger partial charge on any atom is -0.289 e. The Morgan fingerprint density at radius 3 is 2.82 bits per heavy atom. The lowest BCUT2D eigenvalue weighted by Crippen LogP contribution is -2.18. The fourth-order valence-corrected chi connectivity index (χ4v) is 2.28. The van der Waals surface area contributed by atoms with Crippen molar-refractivity contribution in [3.8, 4) is 0 Å². The van der Waals surface area contributed by atoms with Gasteiger partial charge in [-0.1, -0.05) is 42.1 Å². The highest BCUT2D eigenvalue weighted by Gasteiger charge is 2.07. The van der Waals surface area contributed by atoms with Gasteiger partial charge in [0.15, 0.2) is 0 Å². The van der Waals surface area contributed by atoms with Gasteiger partial charge in [0, 0.05) is 5.57 Å². The largest absolute Gasteiger partial charge is 0.289 e. The third-order valence-corrected chi connectivity index (χ3v) is 3.09. The number of allylic oxidation sites excluding steroid dienone is 1. The molecule has 0 unspecified atom stereocenters. The van der Waals surface area contributed by atoms with E-state index < -0.39 is 5.91 Å². The van der Waals surface area contributed by atoms with Crippen molar-refractivity contribution in [2.45, 2.75) is 6.42 Å². The predicted molar refractivity (Wildman–Crippen MR) is 68.2 cm³/mol. The zero-order valence-corrected chi connectivity index (χ0v) is 9.83. The summed E-state index contributed by atoms with van der Waals surface area (Å²) in [6.45, 7) is 0. The van der Waals surface area contributed by atoms with Crippen molar-refractivity contribution in [1.82, 2.24) is 5.48 Å². The molecule has 0 spiro atoms. The van der Waals surface area contributed by atoms with Crippen LogP contribution < -0.4 is 5.48 Å². The SMILES string of the molecule is O=C(CC1=C=C(c2ccccc2)SC=C1)NO. The smallest absolute Gasteiger partial charge is 0.248 e. The molecule has 2 rings (SSSR count). The van der Waals surface area contributed by atoms with E-state index in [0.29, 0.717) is 0 Å². The topological polar surface area (TPSA) is 49.3 Å². The summed E-state index contributed by atoms with van der Waals surface area (Å²) in [6, 6.07) is 9.87. The molecule has 1 aromatic carbocycles. The number of hydroxylamine groups is 1. The molecule has 0 atom stereocenters. The molecule has 1 aromatic rings. The van der Waals surface area contributed by atoms with Crippen LogP contribution in [0, 0.1) is 0 Å². The normalized spacial score (nSPS) is 13.9. The van der Waals surface area contributed by atoms with Gasteiger partial charge < -0.3 is 0 Å². The Kier molecular flexibility index (Phi) is 3.83. The van der Waals surface area contributed by atoms with E-state index in [9.17, 15) is 4.79 Å². The van der Waals surface area contributed by atoms with Crippen molar-refractivity contribution >= 4 is 22.6 Å². The molecular formula is C13H11NO2S. The van der Waals surface area contributed by atoms with E-state index in [1.807, 2.05) is 41.8 Å². The molecule has 2 N–H and O–H groups in total. The van der Waals surface area contributed by atoms with Crippen LogP contribution in [0.15, 0.2) is 53.1 Å². The summed E-state index contributed by atoms with van der Waals surface area (Å²) in [6.07, 6.45) is 1.95. The van der Waals surface area contributed by atoms with E-state index in [1.165, 1.54) is 0 Å². The van der Waals surface area contributed by atoms with Crippen LogP contribution >= 0.6 is 11.8 Å². The first kappa shape index (κ1) is 11.7. The minimum atomic E-state index is -0.434. The first-order valence-corrected chi connectivity index (χ1v) is 5.99. The Hall–Kier alpha value is -1.74. The van der Waals surface area contributed by atoms with Crippen molar-refractivity contribution in [1.29, 1.82) is 0 Å². The molecule has 3 nitrogen and oxygen atoms in total. The summed E-state index contributed by atoms with van der Waals surface area (Å²) in [4.78, 5) is 12.0. The zero-order chi connectivity index (χ0) is 12.1. The van der Waals surface area contributed by atoms with Crippen LogP contribution in [0.25, 0.3) is 4.91 Å². The number of benzene rings is 1. The van der Waals surface area contributed by atoms with Gasteiger partial charge in [-0.15, -0.1) is 5.73 Å². The molecule has 1 aliphatic rings. The van der Waals surface area contributed by atoms with Crippen LogP contribution in [0.1, 0.15) is 12.0 Å². The highest BCUT2D eigenvalue weighted by Crippen LogP contribution is 2.31. The van der Waals surface area contributed by atoms with Crippen LogP contribution in [0.3, 0.4) is 0 Å². The average molecular weight is 245 g/mol. The van der Waals surface area contributed by atoms with E-state index in [0.717, 1.165) is 16.0 Å². The summed E-state index contributed by atoms with van der Waals surface area (Å²) >= 11 is 1.56. The summed E-state index contributed by atoms with van der Waals surface area (Å²) in [7, 11) is 0. The van der Waals surface area contributed by atoms with Crippen LogP contribution in [-0.2, 0) is 4.79 Å². The van der Waals surface area contributed by atoms with Gasteiger partial charge in [-0.2, -0.15) is 0 Å². The maximum absolute atomic E-state index is 11.1. The molecule has 17 heavy (non-hydrogen) atoms. The van der Waals surface area contributed by atoms with Gasteiger partial charge in [0.1, 0.15) is 0 Å². The maximum atomic E-state index is 11.1. The second kappa shape index (κ2) is 5.55. The molecule has 1 heterocycles. The standard InChI is InChI=1S/C13H11NO2S/c15-13(14-16)9-10-6-7-17-12(8-10)11-4-2-1-3-5-11/h1-7,16H,9H2,(H,14,15). The van der Waals surface area contributed by atoms with E-state index in [-0.39, 0.29) is 6.42 Å². The first-order chi connectivity index (χ1) is 8.29. The van der Waals surface area contributed by atoms with Crippen LogP contribution in [-0.4, -0.2) is 11.1 Å². The number of amides is 1. The van der Waals surface area contributed by atoms with E-state index in [1.54, 1.807) is 17.2 Å². The van der Waals surface area contributed by atoms with E-state index >= 15 is 0 Å². The Morgan fingerprint density at radius 2 is 2.12 bits per heavy atom. The number of rotatable bonds is 3. The first-order valence-electron chi connectivity index (χ1n) is 5.11. The van der Waals surface area contributed by atoms with E-state index in [4.69, 9.17) is 5.21 Å². The second-order valence-electron chi connectivity index (χ2n) is 3.48. The lowest BCUT2D eigenvalue weighted by molar-refractivity contribution is -0.128. The van der Waals surface area contributed by atoms with Crippen LogP contribution in [0.4, 0.5) is 0 Å². The van der Waals surface area contributed by atoms with Crippen molar-refractivity contribution in [3.63, 3.8) is 0 Å². The van der Waals surface area contributed by atoms with Gasteiger partial charge in [0.05, 0.1) is 11.3 Å². The van der Waals surface area contributed by atoms with Crippen molar-refractivity contribution in [2.75, 3.05) is 0 Å². The third-order valence-electron chi connectivity index (χ3n) is 2.24. The molecule has 0 bridgehead atoms. The van der Waals surface area contributed by atoms with E-state index in [2.05, 4.69) is 5.73 Å².